The summed E-state index contributed by atoms with van der Waals surface area (Å²) in [5.74, 6) is 0.237. The van der Waals surface area contributed by atoms with Gasteiger partial charge in [-0.3, -0.25) is 4.68 Å². The van der Waals surface area contributed by atoms with Gasteiger partial charge < -0.3 is 18.9 Å². The lowest BCUT2D eigenvalue weighted by Gasteiger charge is -2.32. The van der Waals surface area contributed by atoms with Crippen LogP contribution in [0.5, 0.6) is 5.75 Å². The van der Waals surface area contributed by atoms with Crippen molar-refractivity contribution in [2.24, 2.45) is 7.05 Å². The lowest BCUT2D eigenvalue weighted by molar-refractivity contribution is 0.0652. The number of rotatable bonds is 6. The molecular weight excluding hydrogens is 439 g/mol. The number of hydrogen-bond acceptors (Lipinski definition) is 6. The number of carbonyl (C=O) groups excluding carboxylic acids is 1. The highest BCUT2D eigenvalue weighted by atomic mass is 19.1. The van der Waals surface area contributed by atoms with Crippen molar-refractivity contribution in [1.29, 1.82) is 5.26 Å². The number of benzene rings is 1. The lowest BCUT2D eigenvalue weighted by atomic mass is 10.1. The van der Waals surface area contributed by atoms with E-state index >= 15 is 0 Å². The van der Waals surface area contributed by atoms with Gasteiger partial charge in [-0.25, -0.2) is 14.2 Å². The number of aromatic nitrogens is 4. The number of nitrogens with zero attached hydrogens (tertiary/aromatic N) is 6. The third-order valence-corrected chi connectivity index (χ3v) is 5.78. The topological polar surface area (TPSA) is 98.2 Å². The molecule has 10 heteroatoms. The van der Waals surface area contributed by atoms with Gasteiger partial charge in [0, 0.05) is 43.7 Å². The van der Waals surface area contributed by atoms with E-state index in [9.17, 15) is 14.4 Å². The number of hydrogen-bond donors (Lipinski definition) is 0. The minimum absolute atomic E-state index is 0.0136. The normalized spacial score (nSPS) is 14.3. The Morgan fingerprint density at radius 3 is 2.71 bits per heavy atom. The Morgan fingerprint density at radius 2 is 2.09 bits per heavy atom. The fourth-order valence-corrected chi connectivity index (χ4v) is 4.03. The van der Waals surface area contributed by atoms with Gasteiger partial charge in [0.05, 0.1) is 18.3 Å². The molecule has 1 amide bonds. The van der Waals surface area contributed by atoms with Crippen LogP contribution >= 0.6 is 0 Å². The smallest absolute Gasteiger partial charge is 0.410 e. The van der Waals surface area contributed by atoms with Gasteiger partial charge in [0.2, 0.25) is 0 Å². The average molecular weight is 467 g/mol. The highest BCUT2D eigenvalue weighted by Crippen LogP contribution is 2.28. The first-order valence-electron chi connectivity index (χ1n) is 11.2. The van der Waals surface area contributed by atoms with E-state index in [-0.39, 0.29) is 30.6 Å². The van der Waals surface area contributed by atoms with E-state index in [1.165, 1.54) is 6.07 Å². The van der Waals surface area contributed by atoms with Crippen LogP contribution in [0.4, 0.5) is 9.18 Å². The molecule has 2 aromatic heterocycles. The number of likely N-dealkylation sites (tertiary alicyclic amines) is 1. The standard InChI is InChI=1S/C24H27FN6O3/c1-16(2)34-24(32)30-9-6-19(7-10-30)31-21(13-26)18(14-28-31)15-33-22-5-4-17(12-20(22)25)23-27-8-11-29(23)3/h4-5,8,11-12,14,16,19H,6-7,9-10,15H2,1-3H3. The van der Waals surface area contributed by atoms with Gasteiger partial charge >= 0.3 is 6.09 Å². The van der Waals surface area contributed by atoms with Gasteiger partial charge in [-0.2, -0.15) is 10.4 Å². The first-order valence-corrected chi connectivity index (χ1v) is 11.2. The molecule has 9 nitrogen and oxygen atoms in total. The number of amides is 1. The lowest BCUT2D eigenvalue weighted by Crippen LogP contribution is -2.40. The summed E-state index contributed by atoms with van der Waals surface area (Å²) >= 11 is 0. The van der Waals surface area contributed by atoms with Crippen molar-refractivity contribution in [3.63, 3.8) is 0 Å². The monoisotopic (exact) mass is 466 g/mol. The zero-order chi connectivity index (χ0) is 24.2. The predicted octanol–water partition coefficient (Wildman–Crippen LogP) is 4.06. The second-order valence-corrected chi connectivity index (χ2v) is 8.52. The van der Waals surface area contributed by atoms with Crippen LogP contribution < -0.4 is 4.74 Å². The van der Waals surface area contributed by atoms with Crippen molar-refractivity contribution in [2.45, 2.75) is 45.4 Å². The maximum atomic E-state index is 14.6. The number of halogens is 1. The van der Waals surface area contributed by atoms with E-state index < -0.39 is 5.82 Å². The molecule has 0 atom stereocenters. The molecule has 0 unspecified atom stereocenters. The van der Waals surface area contributed by atoms with Crippen molar-refractivity contribution in [3.05, 3.63) is 53.9 Å². The third kappa shape index (κ3) is 4.88. The van der Waals surface area contributed by atoms with Crippen LogP contribution in [0.25, 0.3) is 11.4 Å². The summed E-state index contributed by atoms with van der Waals surface area (Å²) in [5, 5.41) is 14.1. The number of imidazole rings is 1. The van der Waals surface area contributed by atoms with Crippen molar-refractivity contribution >= 4 is 6.09 Å². The molecule has 0 aliphatic carbocycles. The van der Waals surface area contributed by atoms with Gasteiger partial charge in [0.1, 0.15) is 24.2 Å². The average Bonchev–Trinajstić information content (AvgIpc) is 3.43. The van der Waals surface area contributed by atoms with Gasteiger partial charge in [-0.1, -0.05) is 0 Å². The van der Waals surface area contributed by atoms with Gasteiger partial charge in [0.15, 0.2) is 11.6 Å². The SMILES string of the molecule is CC(C)OC(=O)N1CCC(n2ncc(COc3ccc(-c4nccn4C)cc3F)c2C#N)CC1. The maximum Gasteiger partial charge on any atom is 0.410 e. The molecule has 178 valence electrons. The number of piperidine rings is 1. The van der Waals surface area contributed by atoms with Crippen LogP contribution in [-0.2, 0) is 18.4 Å². The summed E-state index contributed by atoms with van der Waals surface area (Å²) in [6, 6.07) is 6.86. The van der Waals surface area contributed by atoms with Crippen LogP contribution in [-0.4, -0.2) is 49.5 Å². The first kappa shape index (κ1) is 23.3. The Morgan fingerprint density at radius 1 is 1.32 bits per heavy atom. The minimum atomic E-state index is -0.507. The van der Waals surface area contributed by atoms with Crippen molar-refractivity contribution in [3.8, 4) is 23.2 Å². The fourth-order valence-electron chi connectivity index (χ4n) is 4.03. The molecule has 4 rings (SSSR count). The summed E-state index contributed by atoms with van der Waals surface area (Å²) in [6.45, 7) is 4.71. The van der Waals surface area contributed by atoms with E-state index in [0.29, 0.717) is 48.6 Å². The first-order chi connectivity index (χ1) is 16.4. The Balaban J connectivity index is 1.40. The molecule has 0 saturated carbocycles. The number of aryl methyl sites for hydroxylation is 1. The maximum absolute atomic E-state index is 14.6. The Hall–Kier alpha value is -3.87. The molecule has 3 aromatic rings. The zero-order valence-corrected chi connectivity index (χ0v) is 19.4. The predicted molar refractivity (Wildman–Crippen MR) is 121 cm³/mol. The largest absolute Gasteiger partial charge is 0.486 e. The second kappa shape index (κ2) is 9.95. The van der Waals surface area contributed by atoms with Crippen molar-refractivity contribution < 1.29 is 18.7 Å². The molecule has 1 saturated heterocycles. The highest BCUT2D eigenvalue weighted by Gasteiger charge is 2.28. The van der Waals surface area contributed by atoms with Crippen molar-refractivity contribution in [2.75, 3.05) is 13.1 Å². The van der Waals surface area contributed by atoms with Gasteiger partial charge in [0.25, 0.3) is 0 Å². The third-order valence-electron chi connectivity index (χ3n) is 5.78. The van der Waals surface area contributed by atoms with E-state index in [4.69, 9.17) is 9.47 Å². The van der Waals surface area contributed by atoms with Gasteiger partial charge in [-0.15, -0.1) is 0 Å². The molecule has 0 radical (unpaired) electrons. The Bertz CT molecular complexity index is 1200. The molecule has 1 aromatic carbocycles. The number of ether oxygens (including phenoxy) is 2. The zero-order valence-electron chi connectivity index (χ0n) is 19.4. The van der Waals surface area contributed by atoms with Crippen LogP contribution in [0, 0.1) is 17.1 Å². The highest BCUT2D eigenvalue weighted by molar-refractivity contribution is 5.67. The molecule has 1 aliphatic rings. The molecule has 0 N–H and O–H groups in total. The Kier molecular flexibility index (Phi) is 6.82. The summed E-state index contributed by atoms with van der Waals surface area (Å²) in [6.07, 6.45) is 5.86. The van der Waals surface area contributed by atoms with Crippen LogP contribution in [0.2, 0.25) is 0 Å². The van der Waals surface area contributed by atoms with E-state index in [0.717, 1.165) is 0 Å². The van der Waals surface area contributed by atoms with Crippen LogP contribution in [0.1, 0.15) is 44.0 Å². The molecule has 0 bridgehead atoms. The fraction of sp³-hybridized carbons (Fsp3) is 0.417. The molecule has 1 fully saturated rings. The summed E-state index contributed by atoms with van der Waals surface area (Å²) in [5.41, 5.74) is 1.61. The van der Waals surface area contributed by atoms with Crippen LogP contribution in [0.15, 0.2) is 36.8 Å². The van der Waals surface area contributed by atoms with Gasteiger partial charge in [-0.05, 0) is 44.9 Å². The number of carbonyl (C=O) groups is 1. The molecular formula is C24H27FN6O3. The molecule has 34 heavy (non-hydrogen) atoms. The van der Waals surface area contributed by atoms with E-state index in [2.05, 4.69) is 16.2 Å². The number of nitriles is 1. The summed E-state index contributed by atoms with van der Waals surface area (Å²) in [4.78, 5) is 18.0. The Labute approximate surface area is 197 Å². The molecule has 0 spiro atoms. The van der Waals surface area contributed by atoms with Crippen LogP contribution in [0.3, 0.4) is 0 Å². The summed E-state index contributed by atoms with van der Waals surface area (Å²) < 4.78 is 29.1. The van der Waals surface area contributed by atoms with Crippen molar-refractivity contribution in [1.82, 2.24) is 24.2 Å². The summed E-state index contributed by atoms with van der Waals surface area (Å²) in [7, 11) is 1.84. The molecule has 1 aliphatic heterocycles. The van der Waals surface area contributed by atoms with E-state index in [1.54, 1.807) is 44.9 Å². The second-order valence-electron chi connectivity index (χ2n) is 8.52. The van der Waals surface area contributed by atoms with E-state index in [1.807, 2.05) is 20.9 Å². The molecule has 3 heterocycles. The quantitative estimate of drug-likeness (QED) is 0.543. The minimum Gasteiger partial charge on any atom is -0.486 e.